The molecule has 66 valence electrons. The number of carbonyl (C=O) groups is 3. The number of rotatable bonds is 6. The van der Waals surface area contributed by atoms with Crippen LogP contribution >= 0.6 is 0 Å². The molecule has 12 heavy (non-hydrogen) atoms. The quantitative estimate of drug-likeness (QED) is 0.258. The van der Waals surface area contributed by atoms with Crippen molar-refractivity contribution in [2.45, 2.75) is 26.2 Å². The number of hydrogen-bond acceptors (Lipinski definition) is 3. The Balaban J connectivity index is 3.60. The van der Waals surface area contributed by atoms with Gasteiger partial charge in [-0.3, -0.25) is 9.59 Å². The third kappa shape index (κ3) is 6.86. The number of hydrogen-bond donors (Lipinski definition) is 0. The van der Waals surface area contributed by atoms with Gasteiger partial charge in [-0.05, 0) is 19.4 Å². The van der Waals surface area contributed by atoms with Crippen LogP contribution in [0, 0.1) is 0 Å². The van der Waals surface area contributed by atoms with Crippen molar-refractivity contribution in [2.24, 2.45) is 0 Å². The highest BCUT2D eigenvalue weighted by Crippen LogP contribution is 1.91. The summed E-state index contributed by atoms with van der Waals surface area (Å²) in [5.74, 6) is -0.339. The molecule has 0 aromatic rings. The van der Waals surface area contributed by atoms with E-state index in [9.17, 15) is 14.4 Å². The van der Waals surface area contributed by atoms with Gasteiger partial charge in [0.15, 0.2) is 5.78 Å². The zero-order chi connectivity index (χ0) is 9.40. The van der Waals surface area contributed by atoms with Crippen LogP contribution < -0.4 is 0 Å². The van der Waals surface area contributed by atoms with E-state index in [1.165, 1.54) is 13.0 Å². The average Bonchev–Trinajstić information content (AvgIpc) is 1.97. The standard InChI is InChI=1S/C9H12O3/c1-8(11)7-9(12)5-3-2-4-6-10/h3,5-6H,2,4,7H2,1H3/b5-3-. The van der Waals surface area contributed by atoms with Gasteiger partial charge >= 0.3 is 0 Å². The van der Waals surface area contributed by atoms with Crippen LogP contribution in [-0.2, 0) is 14.4 Å². The van der Waals surface area contributed by atoms with Crippen molar-refractivity contribution in [3.63, 3.8) is 0 Å². The molecule has 0 aliphatic heterocycles. The second-order valence-corrected chi connectivity index (χ2v) is 2.49. The smallest absolute Gasteiger partial charge is 0.162 e. The molecule has 3 heteroatoms. The van der Waals surface area contributed by atoms with E-state index >= 15 is 0 Å². The van der Waals surface area contributed by atoms with Gasteiger partial charge in [-0.2, -0.15) is 0 Å². The van der Waals surface area contributed by atoms with E-state index in [0.717, 1.165) is 6.29 Å². The van der Waals surface area contributed by atoms with Crippen LogP contribution in [0.3, 0.4) is 0 Å². The predicted molar refractivity (Wildman–Crippen MR) is 44.7 cm³/mol. The van der Waals surface area contributed by atoms with Crippen LogP contribution in [0.5, 0.6) is 0 Å². The molecule has 0 aromatic heterocycles. The van der Waals surface area contributed by atoms with Crippen LogP contribution in [0.2, 0.25) is 0 Å². The largest absolute Gasteiger partial charge is 0.303 e. The number of Topliss-reactive ketones (excluding diaryl/α,β-unsaturated/α-hetero) is 1. The number of ketones is 2. The molecule has 0 bridgehead atoms. The molecule has 0 radical (unpaired) electrons. The van der Waals surface area contributed by atoms with Gasteiger partial charge < -0.3 is 4.79 Å². The normalized spacial score (nSPS) is 10.1. The van der Waals surface area contributed by atoms with Crippen molar-refractivity contribution in [1.82, 2.24) is 0 Å². The van der Waals surface area contributed by atoms with Crippen molar-refractivity contribution in [1.29, 1.82) is 0 Å². The van der Waals surface area contributed by atoms with Crippen LogP contribution in [0.4, 0.5) is 0 Å². The molecule has 3 nitrogen and oxygen atoms in total. The maximum absolute atomic E-state index is 10.8. The first kappa shape index (κ1) is 10.8. The summed E-state index contributed by atoms with van der Waals surface area (Å²) in [6.07, 6.45) is 4.69. The summed E-state index contributed by atoms with van der Waals surface area (Å²) in [6.45, 7) is 1.37. The summed E-state index contributed by atoms with van der Waals surface area (Å²) in [7, 11) is 0. The zero-order valence-electron chi connectivity index (χ0n) is 7.08. The number of carbonyl (C=O) groups excluding carboxylic acids is 3. The van der Waals surface area contributed by atoms with Crippen molar-refractivity contribution in [2.75, 3.05) is 0 Å². The van der Waals surface area contributed by atoms with Crippen molar-refractivity contribution >= 4 is 17.9 Å². The molecule has 0 rings (SSSR count). The molecule has 0 heterocycles. The summed E-state index contributed by atoms with van der Waals surface area (Å²) < 4.78 is 0. The second kappa shape index (κ2) is 6.46. The van der Waals surface area contributed by atoms with Crippen molar-refractivity contribution in [3.05, 3.63) is 12.2 Å². The molecule has 0 spiro atoms. The Morgan fingerprint density at radius 3 is 2.42 bits per heavy atom. The lowest BCUT2D eigenvalue weighted by Gasteiger charge is -1.87. The topological polar surface area (TPSA) is 51.2 Å². The first-order chi connectivity index (χ1) is 5.66. The van der Waals surface area contributed by atoms with Crippen molar-refractivity contribution in [3.8, 4) is 0 Å². The van der Waals surface area contributed by atoms with Gasteiger partial charge in [0.25, 0.3) is 0 Å². The maximum Gasteiger partial charge on any atom is 0.162 e. The molecule has 0 fully saturated rings. The predicted octanol–water partition coefficient (Wildman–Crippen LogP) is 1.07. The van der Waals surface area contributed by atoms with Gasteiger partial charge in [-0.1, -0.05) is 6.08 Å². The van der Waals surface area contributed by atoms with Crippen LogP contribution in [0.1, 0.15) is 26.2 Å². The van der Waals surface area contributed by atoms with Gasteiger partial charge in [-0.15, -0.1) is 0 Å². The molecular weight excluding hydrogens is 156 g/mol. The average molecular weight is 168 g/mol. The first-order valence-electron chi connectivity index (χ1n) is 3.79. The molecule has 0 unspecified atom stereocenters. The fraction of sp³-hybridized carbons (Fsp3) is 0.444. The number of aldehydes is 1. The fourth-order valence-corrected chi connectivity index (χ4v) is 0.683. The molecule has 0 saturated heterocycles. The third-order valence-corrected chi connectivity index (χ3v) is 1.18. The van der Waals surface area contributed by atoms with E-state index in [4.69, 9.17) is 0 Å². The molecule has 0 aliphatic rings. The fourth-order valence-electron chi connectivity index (χ4n) is 0.683. The second-order valence-electron chi connectivity index (χ2n) is 2.49. The third-order valence-electron chi connectivity index (χ3n) is 1.18. The highest BCUT2D eigenvalue weighted by atomic mass is 16.1. The van der Waals surface area contributed by atoms with E-state index in [1.807, 2.05) is 0 Å². The molecule has 0 atom stereocenters. The molecular formula is C9H12O3. The first-order valence-corrected chi connectivity index (χ1v) is 3.79. The van der Waals surface area contributed by atoms with Gasteiger partial charge in [0, 0.05) is 6.42 Å². The Morgan fingerprint density at radius 1 is 1.25 bits per heavy atom. The monoisotopic (exact) mass is 168 g/mol. The minimum Gasteiger partial charge on any atom is -0.303 e. The SMILES string of the molecule is CC(=O)CC(=O)/C=C\CCC=O. The summed E-state index contributed by atoms with van der Waals surface area (Å²) in [5, 5.41) is 0. The Hall–Kier alpha value is -1.25. The van der Waals surface area contributed by atoms with Gasteiger partial charge in [0.1, 0.15) is 12.1 Å². The Labute approximate surface area is 71.5 Å². The van der Waals surface area contributed by atoms with Gasteiger partial charge in [0.2, 0.25) is 0 Å². The minimum absolute atomic E-state index is 0.0441. The molecule has 0 aliphatic carbocycles. The van der Waals surface area contributed by atoms with Crippen LogP contribution in [0.15, 0.2) is 12.2 Å². The summed E-state index contributed by atoms with van der Waals surface area (Å²) in [5.41, 5.74) is 0. The molecule has 0 N–H and O–H groups in total. The Bertz CT molecular complexity index is 204. The summed E-state index contributed by atoms with van der Waals surface area (Å²) in [6, 6.07) is 0. The van der Waals surface area contributed by atoms with E-state index in [1.54, 1.807) is 6.08 Å². The van der Waals surface area contributed by atoms with Crippen LogP contribution in [-0.4, -0.2) is 17.9 Å². The van der Waals surface area contributed by atoms with E-state index in [0.29, 0.717) is 12.8 Å². The highest BCUT2D eigenvalue weighted by Gasteiger charge is 1.99. The zero-order valence-corrected chi connectivity index (χ0v) is 7.08. The molecule has 0 saturated carbocycles. The Kier molecular flexibility index (Phi) is 5.79. The highest BCUT2D eigenvalue weighted by molar-refractivity contribution is 6.03. The molecule has 0 amide bonds. The lowest BCUT2D eigenvalue weighted by atomic mass is 10.2. The van der Waals surface area contributed by atoms with Crippen LogP contribution in [0.25, 0.3) is 0 Å². The lowest BCUT2D eigenvalue weighted by molar-refractivity contribution is -0.123. The van der Waals surface area contributed by atoms with Crippen molar-refractivity contribution < 1.29 is 14.4 Å². The molecule has 0 aromatic carbocycles. The van der Waals surface area contributed by atoms with Gasteiger partial charge in [-0.25, -0.2) is 0 Å². The van der Waals surface area contributed by atoms with E-state index < -0.39 is 0 Å². The summed E-state index contributed by atoms with van der Waals surface area (Å²) >= 11 is 0. The number of allylic oxidation sites excluding steroid dienone is 2. The van der Waals surface area contributed by atoms with Gasteiger partial charge in [0.05, 0.1) is 6.42 Å². The summed E-state index contributed by atoms with van der Waals surface area (Å²) in [4.78, 5) is 31.1. The Morgan fingerprint density at radius 2 is 1.92 bits per heavy atom. The van der Waals surface area contributed by atoms with E-state index in [2.05, 4.69) is 0 Å². The maximum atomic E-state index is 10.8. The number of unbranched alkanes of at least 4 members (excludes halogenated alkanes) is 1. The lowest BCUT2D eigenvalue weighted by Crippen LogP contribution is -1.99. The minimum atomic E-state index is -0.201. The van der Waals surface area contributed by atoms with E-state index in [-0.39, 0.29) is 18.0 Å².